The van der Waals surface area contributed by atoms with Crippen molar-refractivity contribution in [2.75, 3.05) is 32.8 Å². The second kappa shape index (κ2) is 11.4. The highest BCUT2D eigenvalue weighted by molar-refractivity contribution is 7.13. The molecular formula is C22H25N3O6S. The van der Waals surface area contributed by atoms with Gasteiger partial charge in [-0.2, -0.15) is 0 Å². The number of aliphatic hydroxyl groups excluding tert-OH is 1. The van der Waals surface area contributed by atoms with Gasteiger partial charge < -0.3 is 25.0 Å². The Hall–Kier alpha value is -3.24. The van der Waals surface area contributed by atoms with Crippen molar-refractivity contribution in [3.05, 3.63) is 58.3 Å². The van der Waals surface area contributed by atoms with Gasteiger partial charge in [-0.3, -0.25) is 14.4 Å². The monoisotopic (exact) mass is 459 g/mol. The molecule has 1 aromatic carbocycles. The number of ketones is 1. The van der Waals surface area contributed by atoms with Crippen LogP contribution >= 0.6 is 11.3 Å². The van der Waals surface area contributed by atoms with Gasteiger partial charge in [0.2, 0.25) is 5.91 Å². The number of aliphatic hydroxyl groups is 1. The van der Waals surface area contributed by atoms with Crippen molar-refractivity contribution in [2.45, 2.75) is 19.1 Å². The van der Waals surface area contributed by atoms with E-state index in [9.17, 15) is 24.3 Å². The Kier molecular flexibility index (Phi) is 8.34. The van der Waals surface area contributed by atoms with Crippen molar-refractivity contribution in [2.24, 2.45) is 0 Å². The zero-order valence-corrected chi connectivity index (χ0v) is 18.3. The van der Waals surface area contributed by atoms with Gasteiger partial charge in [0.1, 0.15) is 12.6 Å². The second-order valence-corrected chi connectivity index (χ2v) is 8.17. The smallest absolute Gasteiger partial charge is 0.410 e. The van der Waals surface area contributed by atoms with Crippen molar-refractivity contribution < 1.29 is 29.0 Å². The zero-order chi connectivity index (χ0) is 22.9. The molecule has 1 saturated heterocycles. The maximum atomic E-state index is 12.8. The number of rotatable bonds is 7. The van der Waals surface area contributed by atoms with Gasteiger partial charge in [-0.25, -0.2) is 4.79 Å². The molecule has 9 nitrogen and oxygen atoms in total. The third-order valence-electron chi connectivity index (χ3n) is 5.01. The molecule has 1 aliphatic rings. The van der Waals surface area contributed by atoms with Gasteiger partial charge in [0, 0.05) is 26.2 Å². The molecule has 2 heterocycles. The maximum Gasteiger partial charge on any atom is 0.410 e. The lowest BCUT2D eigenvalue weighted by atomic mass is 10.2. The molecule has 0 aliphatic carbocycles. The van der Waals surface area contributed by atoms with E-state index in [0.717, 1.165) is 16.9 Å². The Morgan fingerprint density at radius 2 is 1.72 bits per heavy atom. The topological polar surface area (TPSA) is 116 Å². The number of nitrogens with zero attached hydrogens (tertiary/aromatic N) is 2. The highest BCUT2D eigenvalue weighted by Crippen LogP contribution is 2.11. The maximum absolute atomic E-state index is 12.8. The molecule has 170 valence electrons. The van der Waals surface area contributed by atoms with Gasteiger partial charge in [0.15, 0.2) is 0 Å². The standard InChI is InChI=1S/C22H25N3O6S/c26-14-17(23-20(28)19(27)18-8-4-13-32-18)21(29)24-9-5-10-25(12-11-24)22(30)31-15-16-6-2-1-3-7-16/h1-4,6-8,13,17,26H,5,9-12,14-15H2,(H,23,28). The first kappa shape index (κ1) is 23.4. The average molecular weight is 460 g/mol. The molecule has 0 saturated carbocycles. The largest absolute Gasteiger partial charge is 0.445 e. The van der Waals surface area contributed by atoms with Crippen molar-refractivity contribution in [3.63, 3.8) is 0 Å². The zero-order valence-electron chi connectivity index (χ0n) is 17.4. The Morgan fingerprint density at radius 3 is 2.41 bits per heavy atom. The number of Topliss-reactive ketones (excluding diaryl/α,β-unsaturated/α-hetero) is 1. The van der Waals surface area contributed by atoms with Crippen LogP contribution in [0.2, 0.25) is 0 Å². The van der Waals surface area contributed by atoms with Crippen LogP contribution in [0.5, 0.6) is 0 Å². The molecule has 1 fully saturated rings. The molecule has 3 amide bonds. The van der Waals surface area contributed by atoms with Crippen LogP contribution in [0.4, 0.5) is 4.79 Å². The van der Waals surface area contributed by atoms with Gasteiger partial charge in [-0.15, -0.1) is 11.3 Å². The fourth-order valence-corrected chi connectivity index (χ4v) is 3.94. The van der Waals surface area contributed by atoms with E-state index in [0.29, 0.717) is 19.5 Å². The number of benzene rings is 1. The van der Waals surface area contributed by atoms with Crippen LogP contribution < -0.4 is 5.32 Å². The molecule has 2 aromatic rings. The van der Waals surface area contributed by atoms with E-state index in [-0.39, 0.29) is 24.6 Å². The second-order valence-electron chi connectivity index (χ2n) is 7.22. The van der Waals surface area contributed by atoms with E-state index in [1.807, 2.05) is 30.3 Å². The molecule has 1 unspecified atom stereocenters. The van der Waals surface area contributed by atoms with Crippen LogP contribution in [0.1, 0.15) is 21.7 Å². The predicted octanol–water partition coefficient (Wildman–Crippen LogP) is 1.28. The normalized spacial score (nSPS) is 14.9. The molecule has 32 heavy (non-hydrogen) atoms. The summed E-state index contributed by atoms with van der Waals surface area (Å²) >= 11 is 1.12. The van der Waals surface area contributed by atoms with Gasteiger partial charge in [-0.05, 0) is 23.4 Å². The molecule has 3 rings (SSSR count). The summed E-state index contributed by atoms with van der Waals surface area (Å²) in [5, 5.41) is 13.6. The van der Waals surface area contributed by atoms with Crippen LogP contribution in [-0.4, -0.2) is 77.4 Å². The van der Waals surface area contributed by atoms with E-state index < -0.39 is 36.3 Å². The third-order valence-corrected chi connectivity index (χ3v) is 5.88. The van der Waals surface area contributed by atoms with Crippen molar-refractivity contribution in [1.29, 1.82) is 0 Å². The average Bonchev–Trinajstić information content (AvgIpc) is 3.25. The molecule has 1 aromatic heterocycles. The summed E-state index contributed by atoms with van der Waals surface area (Å²) in [4.78, 5) is 52.8. The summed E-state index contributed by atoms with van der Waals surface area (Å²) < 4.78 is 5.35. The number of thiophene rings is 1. The highest BCUT2D eigenvalue weighted by atomic mass is 32.1. The summed E-state index contributed by atoms with van der Waals surface area (Å²) in [6.45, 7) is 0.790. The van der Waals surface area contributed by atoms with E-state index in [4.69, 9.17) is 4.74 Å². The first-order valence-corrected chi connectivity index (χ1v) is 11.1. The van der Waals surface area contributed by atoms with Gasteiger partial charge in [-0.1, -0.05) is 36.4 Å². The summed E-state index contributed by atoms with van der Waals surface area (Å²) in [5.74, 6) is -2.20. The van der Waals surface area contributed by atoms with Crippen molar-refractivity contribution >= 4 is 35.0 Å². The van der Waals surface area contributed by atoms with Crippen LogP contribution in [-0.2, 0) is 20.9 Å². The Balaban J connectivity index is 1.51. The van der Waals surface area contributed by atoms with Crippen LogP contribution in [0.15, 0.2) is 47.8 Å². The SMILES string of the molecule is O=C(NC(CO)C(=O)N1CCCN(C(=O)OCc2ccccc2)CC1)C(=O)c1cccs1. The number of hydrogen-bond acceptors (Lipinski definition) is 7. The fourth-order valence-electron chi connectivity index (χ4n) is 3.28. The summed E-state index contributed by atoms with van der Waals surface area (Å²) in [5.41, 5.74) is 0.881. The van der Waals surface area contributed by atoms with Crippen molar-refractivity contribution in [3.8, 4) is 0 Å². The summed E-state index contributed by atoms with van der Waals surface area (Å²) in [7, 11) is 0. The van der Waals surface area contributed by atoms with Gasteiger partial charge in [0.05, 0.1) is 11.5 Å². The minimum Gasteiger partial charge on any atom is -0.445 e. The van der Waals surface area contributed by atoms with E-state index in [1.54, 1.807) is 11.4 Å². The molecule has 2 N–H and O–H groups in total. The molecule has 0 spiro atoms. The molecule has 0 radical (unpaired) electrons. The lowest BCUT2D eigenvalue weighted by molar-refractivity contribution is -0.136. The lowest BCUT2D eigenvalue weighted by Gasteiger charge is -2.25. The number of ether oxygens (including phenoxy) is 1. The number of hydrogen-bond donors (Lipinski definition) is 2. The minimum absolute atomic E-state index is 0.162. The number of carbonyl (C=O) groups is 4. The third kappa shape index (κ3) is 6.14. The Bertz CT molecular complexity index is 934. The van der Waals surface area contributed by atoms with E-state index >= 15 is 0 Å². The predicted molar refractivity (Wildman–Crippen MR) is 117 cm³/mol. The lowest BCUT2D eigenvalue weighted by Crippen LogP contribution is -2.52. The minimum atomic E-state index is -1.23. The van der Waals surface area contributed by atoms with Crippen LogP contribution in [0.25, 0.3) is 0 Å². The van der Waals surface area contributed by atoms with Gasteiger partial charge in [0.25, 0.3) is 11.7 Å². The molecule has 10 heteroatoms. The Labute approximate surface area is 189 Å². The molecule has 1 aliphatic heterocycles. The summed E-state index contributed by atoms with van der Waals surface area (Å²) in [6.07, 6.45) is 0.0589. The van der Waals surface area contributed by atoms with Crippen molar-refractivity contribution in [1.82, 2.24) is 15.1 Å². The quantitative estimate of drug-likeness (QED) is 0.476. The number of nitrogens with one attached hydrogen (secondary N) is 1. The van der Waals surface area contributed by atoms with Crippen LogP contribution in [0, 0.1) is 0 Å². The van der Waals surface area contributed by atoms with E-state index in [2.05, 4.69) is 5.32 Å². The first-order chi connectivity index (χ1) is 15.5. The fraction of sp³-hybridized carbons (Fsp3) is 0.364. The molecular weight excluding hydrogens is 434 g/mol. The number of amides is 3. The van der Waals surface area contributed by atoms with Crippen LogP contribution in [0.3, 0.4) is 0 Å². The molecule has 0 bridgehead atoms. The first-order valence-electron chi connectivity index (χ1n) is 10.2. The highest BCUT2D eigenvalue weighted by Gasteiger charge is 2.30. The van der Waals surface area contributed by atoms with Gasteiger partial charge >= 0.3 is 6.09 Å². The number of carbonyl (C=O) groups excluding carboxylic acids is 4. The summed E-state index contributed by atoms with van der Waals surface area (Å²) in [6, 6.07) is 11.3. The molecule has 1 atom stereocenters. The Morgan fingerprint density at radius 1 is 1.00 bits per heavy atom. The van der Waals surface area contributed by atoms with E-state index in [1.165, 1.54) is 15.9 Å².